The van der Waals surface area contributed by atoms with Gasteiger partial charge in [0.15, 0.2) is 0 Å². The van der Waals surface area contributed by atoms with Crippen LogP contribution < -0.4 is 4.90 Å². The highest BCUT2D eigenvalue weighted by molar-refractivity contribution is 7.99. The number of anilines is 1. The number of nitrogens with zero attached hydrogens (tertiary/aromatic N) is 8. The van der Waals surface area contributed by atoms with Gasteiger partial charge in [0, 0.05) is 38.6 Å². The lowest BCUT2D eigenvalue weighted by atomic mass is 10.3. The molecule has 27 heavy (non-hydrogen) atoms. The van der Waals surface area contributed by atoms with E-state index in [2.05, 4.69) is 30.4 Å². The first-order valence-corrected chi connectivity index (χ1v) is 9.56. The Morgan fingerprint density at radius 2 is 1.74 bits per heavy atom. The fourth-order valence-corrected chi connectivity index (χ4v) is 3.62. The Morgan fingerprint density at radius 1 is 1.00 bits per heavy atom. The molecule has 0 bridgehead atoms. The van der Waals surface area contributed by atoms with Crippen LogP contribution in [0.3, 0.4) is 0 Å². The van der Waals surface area contributed by atoms with Crippen molar-refractivity contribution in [2.45, 2.75) is 5.16 Å². The molecule has 1 saturated heterocycles. The largest absolute Gasteiger partial charge is 0.338 e. The van der Waals surface area contributed by atoms with Gasteiger partial charge in [-0.05, 0) is 28.6 Å². The second-order valence-corrected chi connectivity index (χ2v) is 6.86. The maximum Gasteiger partial charge on any atom is 0.233 e. The van der Waals surface area contributed by atoms with Crippen LogP contribution in [0.25, 0.3) is 5.69 Å². The average Bonchev–Trinajstić information content (AvgIpc) is 3.22. The number of rotatable bonds is 5. The lowest BCUT2D eigenvalue weighted by Gasteiger charge is -2.34. The number of hydrogen-bond donors (Lipinski definition) is 0. The van der Waals surface area contributed by atoms with E-state index in [1.54, 1.807) is 23.1 Å². The van der Waals surface area contributed by atoms with E-state index in [1.807, 2.05) is 35.2 Å². The van der Waals surface area contributed by atoms with Gasteiger partial charge in [-0.2, -0.15) is 4.68 Å². The number of benzene rings is 1. The lowest BCUT2D eigenvalue weighted by molar-refractivity contribution is -0.128. The minimum absolute atomic E-state index is 0.0799. The summed E-state index contributed by atoms with van der Waals surface area (Å²) in [6.07, 6.45) is 3.46. The van der Waals surface area contributed by atoms with Crippen molar-refractivity contribution in [2.24, 2.45) is 0 Å². The van der Waals surface area contributed by atoms with Crippen LogP contribution in [0.1, 0.15) is 0 Å². The minimum Gasteiger partial charge on any atom is -0.338 e. The number of piperazine rings is 1. The number of amides is 1. The molecule has 10 heteroatoms. The SMILES string of the molecule is O=C(CSc1nnnn1-c1ccccc1)N1CCN(c2ncccn2)CC1. The van der Waals surface area contributed by atoms with Gasteiger partial charge >= 0.3 is 0 Å². The molecule has 0 saturated carbocycles. The molecule has 1 aliphatic heterocycles. The fraction of sp³-hybridized carbons (Fsp3) is 0.294. The second kappa shape index (κ2) is 8.12. The first-order valence-electron chi connectivity index (χ1n) is 8.57. The first kappa shape index (κ1) is 17.4. The molecule has 1 aliphatic rings. The quantitative estimate of drug-likeness (QED) is 0.601. The number of carbonyl (C=O) groups excluding carboxylic acids is 1. The van der Waals surface area contributed by atoms with Crippen LogP contribution in [0.5, 0.6) is 0 Å². The van der Waals surface area contributed by atoms with Gasteiger partial charge in [0.05, 0.1) is 11.4 Å². The molecule has 3 heterocycles. The summed E-state index contributed by atoms with van der Waals surface area (Å²) in [6.45, 7) is 2.76. The first-order chi connectivity index (χ1) is 13.3. The molecule has 0 N–H and O–H groups in total. The smallest absolute Gasteiger partial charge is 0.233 e. The Morgan fingerprint density at radius 3 is 2.48 bits per heavy atom. The van der Waals surface area contributed by atoms with Crippen molar-refractivity contribution in [3.05, 3.63) is 48.8 Å². The zero-order chi connectivity index (χ0) is 18.5. The molecule has 0 radical (unpaired) electrons. The third-order valence-corrected chi connectivity index (χ3v) is 5.14. The van der Waals surface area contributed by atoms with E-state index in [1.165, 1.54) is 11.8 Å². The van der Waals surface area contributed by atoms with Crippen molar-refractivity contribution in [2.75, 3.05) is 36.8 Å². The molecule has 0 spiro atoms. The Kier molecular flexibility index (Phi) is 5.24. The Balaban J connectivity index is 1.32. The Bertz CT molecular complexity index is 880. The summed E-state index contributed by atoms with van der Waals surface area (Å²) in [7, 11) is 0. The van der Waals surface area contributed by atoms with Crippen LogP contribution in [0, 0.1) is 0 Å². The number of tetrazole rings is 1. The van der Waals surface area contributed by atoms with E-state index < -0.39 is 0 Å². The zero-order valence-electron chi connectivity index (χ0n) is 14.5. The fourth-order valence-electron chi connectivity index (χ4n) is 2.83. The van der Waals surface area contributed by atoms with Crippen LogP contribution in [-0.2, 0) is 4.79 Å². The summed E-state index contributed by atoms with van der Waals surface area (Å²) >= 11 is 1.34. The molecule has 9 nitrogen and oxygen atoms in total. The molecule has 4 rings (SSSR count). The highest BCUT2D eigenvalue weighted by Gasteiger charge is 2.23. The van der Waals surface area contributed by atoms with Gasteiger partial charge in [-0.1, -0.05) is 30.0 Å². The molecule has 1 amide bonds. The third kappa shape index (κ3) is 4.05. The summed E-state index contributed by atoms with van der Waals surface area (Å²) < 4.78 is 1.64. The number of carbonyl (C=O) groups is 1. The Hall–Kier alpha value is -3.01. The highest BCUT2D eigenvalue weighted by atomic mass is 32.2. The summed E-state index contributed by atoms with van der Waals surface area (Å²) in [6, 6.07) is 11.4. The van der Waals surface area contributed by atoms with Crippen molar-refractivity contribution in [1.82, 2.24) is 35.1 Å². The average molecular weight is 382 g/mol. The molecule has 1 aromatic carbocycles. The number of hydrogen-bond acceptors (Lipinski definition) is 8. The number of aromatic nitrogens is 6. The van der Waals surface area contributed by atoms with Crippen LogP contribution >= 0.6 is 11.8 Å². The van der Waals surface area contributed by atoms with Gasteiger partial charge in [-0.25, -0.2) is 9.97 Å². The zero-order valence-corrected chi connectivity index (χ0v) is 15.4. The van der Waals surface area contributed by atoms with Crippen molar-refractivity contribution in [3.8, 4) is 5.69 Å². The van der Waals surface area contributed by atoms with Gasteiger partial charge in [0.1, 0.15) is 0 Å². The lowest BCUT2D eigenvalue weighted by Crippen LogP contribution is -2.49. The van der Waals surface area contributed by atoms with Gasteiger partial charge in [0.25, 0.3) is 0 Å². The second-order valence-electron chi connectivity index (χ2n) is 5.91. The van der Waals surface area contributed by atoms with E-state index in [-0.39, 0.29) is 5.91 Å². The van der Waals surface area contributed by atoms with E-state index >= 15 is 0 Å². The number of para-hydroxylation sites is 1. The summed E-state index contributed by atoms with van der Waals surface area (Å²) in [5, 5.41) is 12.4. The molecular weight excluding hydrogens is 364 g/mol. The van der Waals surface area contributed by atoms with Gasteiger partial charge in [-0.15, -0.1) is 5.10 Å². The van der Waals surface area contributed by atoms with Crippen molar-refractivity contribution in [1.29, 1.82) is 0 Å². The summed E-state index contributed by atoms with van der Waals surface area (Å²) in [5.41, 5.74) is 0.869. The van der Waals surface area contributed by atoms with Crippen molar-refractivity contribution < 1.29 is 4.79 Å². The number of thioether (sulfide) groups is 1. The molecule has 3 aromatic rings. The van der Waals surface area contributed by atoms with Crippen LogP contribution in [0.15, 0.2) is 53.9 Å². The van der Waals surface area contributed by atoms with Gasteiger partial charge in [-0.3, -0.25) is 4.79 Å². The Labute approximate surface area is 160 Å². The van der Waals surface area contributed by atoms with Gasteiger partial charge < -0.3 is 9.80 Å². The third-order valence-electron chi connectivity index (χ3n) is 4.23. The highest BCUT2D eigenvalue weighted by Crippen LogP contribution is 2.19. The normalized spacial score (nSPS) is 14.4. The maximum atomic E-state index is 12.6. The summed E-state index contributed by atoms with van der Waals surface area (Å²) in [5.74, 6) is 1.09. The van der Waals surface area contributed by atoms with Crippen molar-refractivity contribution >= 4 is 23.6 Å². The molecule has 2 aromatic heterocycles. The monoisotopic (exact) mass is 382 g/mol. The molecular formula is C17H18N8OS. The van der Waals surface area contributed by atoms with E-state index in [0.717, 1.165) is 18.8 Å². The molecule has 1 fully saturated rings. The van der Waals surface area contributed by atoms with Crippen LogP contribution in [0.4, 0.5) is 5.95 Å². The predicted molar refractivity (Wildman–Crippen MR) is 101 cm³/mol. The summed E-state index contributed by atoms with van der Waals surface area (Å²) in [4.78, 5) is 25.0. The van der Waals surface area contributed by atoms with E-state index in [0.29, 0.717) is 29.9 Å². The molecule has 0 aliphatic carbocycles. The molecule has 0 unspecified atom stereocenters. The van der Waals surface area contributed by atoms with Crippen LogP contribution in [0.2, 0.25) is 0 Å². The van der Waals surface area contributed by atoms with E-state index in [4.69, 9.17) is 0 Å². The molecule has 0 atom stereocenters. The predicted octanol–water partition coefficient (Wildman–Crippen LogP) is 0.893. The topological polar surface area (TPSA) is 92.9 Å². The standard InChI is InChI=1S/C17H18N8OS/c26-15(23-9-11-24(12-10-23)16-18-7-4-8-19-16)13-27-17-20-21-22-25(17)14-5-2-1-3-6-14/h1-8H,9-13H2. The van der Waals surface area contributed by atoms with E-state index in [9.17, 15) is 4.79 Å². The van der Waals surface area contributed by atoms with Crippen LogP contribution in [-0.4, -0.2) is 72.9 Å². The minimum atomic E-state index is 0.0799. The molecule has 138 valence electrons. The maximum absolute atomic E-state index is 12.6. The van der Waals surface area contributed by atoms with Gasteiger partial charge in [0.2, 0.25) is 17.0 Å². The van der Waals surface area contributed by atoms with Crippen molar-refractivity contribution in [3.63, 3.8) is 0 Å².